The third-order valence-corrected chi connectivity index (χ3v) is 5.66. The van der Waals surface area contributed by atoms with Crippen molar-refractivity contribution in [3.05, 3.63) is 21.9 Å². The normalized spacial score (nSPS) is 26.3. The lowest BCUT2D eigenvalue weighted by molar-refractivity contribution is -0.134. The number of amides is 1. The number of rotatable bonds is 4. The molecule has 4 nitrogen and oxygen atoms in total. The molecule has 1 aromatic rings. The second kappa shape index (κ2) is 5.95. The molecule has 2 aliphatic rings. The van der Waals surface area contributed by atoms with Crippen molar-refractivity contribution >= 4 is 17.2 Å². The van der Waals surface area contributed by atoms with E-state index in [0.29, 0.717) is 18.4 Å². The Balaban J connectivity index is 1.49. The molecule has 3 rings (SSSR count). The van der Waals surface area contributed by atoms with Gasteiger partial charge in [-0.1, -0.05) is 0 Å². The molecule has 1 saturated carbocycles. The fraction of sp³-hybridized carbons (Fsp3) is 0.706. The van der Waals surface area contributed by atoms with Crippen molar-refractivity contribution in [3.8, 4) is 0 Å². The van der Waals surface area contributed by atoms with Crippen LogP contribution in [-0.4, -0.2) is 59.1 Å². The summed E-state index contributed by atoms with van der Waals surface area (Å²) in [7, 11) is 0. The van der Waals surface area contributed by atoms with Crippen LogP contribution in [0, 0.1) is 12.8 Å². The van der Waals surface area contributed by atoms with Gasteiger partial charge in [0, 0.05) is 54.3 Å². The summed E-state index contributed by atoms with van der Waals surface area (Å²) in [6.07, 6.45) is 1.02. The maximum Gasteiger partial charge on any atom is 0.226 e. The van der Waals surface area contributed by atoms with Crippen molar-refractivity contribution in [2.24, 2.45) is 5.92 Å². The number of carbonyl (C=O) groups excluding carboxylic acids is 1. The SMILES string of the molecule is Cc1ccc([C@H]2C[C@H]2C(=O)N2CCN(CC(C)(C)O)CC2)s1. The minimum atomic E-state index is -0.662. The summed E-state index contributed by atoms with van der Waals surface area (Å²) < 4.78 is 0. The number of piperazine rings is 1. The molecule has 5 heteroatoms. The van der Waals surface area contributed by atoms with Crippen LogP contribution >= 0.6 is 11.3 Å². The molecule has 1 amide bonds. The van der Waals surface area contributed by atoms with Gasteiger partial charge < -0.3 is 10.0 Å². The number of hydrogen-bond acceptors (Lipinski definition) is 4. The Morgan fingerprint density at radius 3 is 2.55 bits per heavy atom. The number of thiophene rings is 1. The molecule has 122 valence electrons. The molecular weight excluding hydrogens is 296 g/mol. The highest BCUT2D eigenvalue weighted by molar-refractivity contribution is 7.12. The molecule has 1 aromatic heterocycles. The van der Waals surface area contributed by atoms with E-state index >= 15 is 0 Å². The van der Waals surface area contributed by atoms with Gasteiger partial charge in [-0.15, -0.1) is 11.3 Å². The van der Waals surface area contributed by atoms with Gasteiger partial charge in [0.05, 0.1) is 5.60 Å². The predicted molar refractivity (Wildman–Crippen MR) is 89.2 cm³/mol. The summed E-state index contributed by atoms with van der Waals surface area (Å²) in [5, 5.41) is 9.88. The third-order valence-electron chi connectivity index (χ3n) is 4.53. The van der Waals surface area contributed by atoms with Crippen molar-refractivity contribution in [2.45, 2.75) is 38.7 Å². The van der Waals surface area contributed by atoms with E-state index in [2.05, 4.69) is 24.0 Å². The highest BCUT2D eigenvalue weighted by Gasteiger charge is 2.46. The summed E-state index contributed by atoms with van der Waals surface area (Å²) in [5.41, 5.74) is -0.662. The van der Waals surface area contributed by atoms with Crippen LogP contribution < -0.4 is 0 Å². The first kappa shape index (κ1) is 16.0. The lowest BCUT2D eigenvalue weighted by atomic mass is 10.1. The number of hydrogen-bond donors (Lipinski definition) is 1. The van der Waals surface area contributed by atoms with E-state index < -0.39 is 5.60 Å². The van der Waals surface area contributed by atoms with Gasteiger partial charge in [-0.2, -0.15) is 0 Å². The van der Waals surface area contributed by atoms with Gasteiger partial charge in [-0.05, 0) is 39.3 Å². The zero-order chi connectivity index (χ0) is 15.9. The van der Waals surface area contributed by atoms with Gasteiger partial charge in [-0.25, -0.2) is 0 Å². The zero-order valence-electron chi connectivity index (χ0n) is 13.7. The number of β-amino-alcohol motifs (C(OH)–C–C–N with tert-alkyl or cyclic N) is 1. The quantitative estimate of drug-likeness (QED) is 0.923. The van der Waals surface area contributed by atoms with E-state index in [9.17, 15) is 9.90 Å². The molecule has 0 unspecified atom stereocenters. The summed E-state index contributed by atoms with van der Waals surface area (Å²) in [4.78, 5) is 19.6. The fourth-order valence-electron chi connectivity index (χ4n) is 3.34. The summed E-state index contributed by atoms with van der Waals surface area (Å²) >= 11 is 1.83. The van der Waals surface area contributed by atoms with Gasteiger partial charge in [-0.3, -0.25) is 9.69 Å². The van der Waals surface area contributed by atoms with Crippen LogP contribution in [0.3, 0.4) is 0 Å². The van der Waals surface area contributed by atoms with Crippen LogP contribution in [0.1, 0.15) is 35.9 Å². The minimum Gasteiger partial charge on any atom is -0.389 e. The van der Waals surface area contributed by atoms with Crippen LogP contribution in [0.15, 0.2) is 12.1 Å². The molecule has 1 saturated heterocycles. The second-order valence-corrected chi connectivity index (χ2v) is 8.63. The average molecular weight is 322 g/mol. The third kappa shape index (κ3) is 3.70. The summed E-state index contributed by atoms with van der Waals surface area (Å²) in [6, 6.07) is 4.33. The van der Waals surface area contributed by atoms with E-state index in [1.165, 1.54) is 9.75 Å². The minimum absolute atomic E-state index is 0.207. The van der Waals surface area contributed by atoms with Crippen molar-refractivity contribution < 1.29 is 9.90 Å². The van der Waals surface area contributed by atoms with Crippen LogP contribution in [0.2, 0.25) is 0 Å². The molecule has 2 heterocycles. The lowest BCUT2D eigenvalue weighted by Crippen LogP contribution is -2.52. The fourth-order valence-corrected chi connectivity index (χ4v) is 4.40. The largest absolute Gasteiger partial charge is 0.389 e. The van der Waals surface area contributed by atoms with Gasteiger partial charge in [0.2, 0.25) is 5.91 Å². The molecule has 0 radical (unpaired) electrons. The van der Waals surface area contributed by atoms with Gasteiger partial charge in [0.1, 0.15) is 0 Å². The highest BCUT2D eigenvalue weighted by atomic mass is 32.1. The maximum absolute atomic E-state index is 12.6. The van der Waals surface area contributed by atoms with Crippen LogP contribution in [0.5, 0.6) is 0 Å². The van der Waals surface area contributed by atoms with E-state index in [1.54, 1.807) is 0 Å². The smallest absolute Gasteiger partial charge is 0.226 e. The Kier molecular flexibility index (Phi) is 4.32. The molecule has 0 spiro atoms. The first-order chi connectivity index (χ1) is 10.3. The van der Waals surface area contributed by atoms with E-state index in [4.69, 9.17) is 0 Å². The Hall–Kier alpha value is -0.910. The molecule has 2 fully saturated rings. The van der Waals surface area contributed by atoms with Crippen molar-refractivity contribution in [3.63, 3.8) is 0 Å². The van der Waals surface area contributed by atoms with Crippen molar-refractivity contribution in [1.82, 2.24) is 9.80 Å². The Morgan fingerprint density at radius 1 is 1.32 bits per heavy atom. The highest BCUT2D eigenvalue weighted by Crippen LogP contribution is 2.50. The van der Waals surface area contributed by atoms with Gasteiger partial charge >= 0.3 is 0 Å². The number of nitrogens with zero attached hydrogens (tertiary/aromatic N) is 2. The van der Waals surface area contributed by atoms with Crippen LogP contribution in [0.25, 0.3) is 0 Å². The van der Waals surface area contributed by atoms with Crippen molar-refractivity contribution in [2.75, 3.05) is 32.7 Å². The van der Waals surface area contributed by atoms with E-state index in [0.717, 1.165) is 32.6 Å². The number of aliphatic hydroxyl groups is 1. The second-order valence-electron chi connectivity index (χ2n) is 7.31. The molecule has 1 aliphatic carbocycles. The molecule has 1 N–H and O–H groups in total. The van der Waals surface area contributed by atoms with Crippen LogP contribution in [0.4, 0.5) is 0 Å². The van der Waals surface area contributed by atoms with Crippen LogP contribution in [-0.2, 0) is 4.79 Å². The molecular formula is C17H26N2O2S. The summed E-state index contributed by atoms with van der Waals surface area (Å²) in [5.74, 6) is 0.999. The maximum atomic E-state index is 12.6. The topological polar surface area (TPSA) is 43.8 Å². The molecule has 0 aromatic carbocycles. The Labute approximate surface area is 136 Å². The Bertz CT molecular complexity index is 541. The predicted octanol–water partition coefficient (Wildman–Crippen LogP) is 2.08. The molecule has 22 heavy (non-hydrogen) atoms. The average Bonchev–Trinajstić information content (AvgIpc) is 3.12. The lowest BCUT2D eigenvalue weighted by Gasteiger charge is -2.37. The standard InChI is InChI=1S/C17H26N2O2S/c1-12-4-5-15(22-12)13-10-14(13)16(20)19-8-6-18(7-9-19)11-17(2,3)21/h4-5,13-14,21H,6-11H2,1-3H3/t13-,14+/m0/s1. The first-order valence-electron chi connectivity index (χ1n) is 8.13. The first-order valence-corrected chi connectivity index (χ1v) is 8.95. The monoisotopic (exact) mass is 322 g/mol. The zero-order valence-corrected chi connectivity index (χ0v) is 14.5. The van der Waals surface area contributed by atoms with Crippen molar-refractivity contribution in [1.29, 1.82) is 0 Å². The molecule has 1 aliphatic heterocycles. The Morgan fingerprint density at radius 2 is 2.00 bits per heavy atom. The molecule has 0 bridgehead atoms. The number of carbonyl (C=O) groups is 1. The van der Waals surface area contributed by atoms with Gasteiger partial charge in [0.15, 0.2) is 0 Å². The summed E-state index contributed by atoms with van der Waals surface area (Å²) in [6.45, 7) is 9.79. The number of aryl methyl sites for hydroxylation is 1. The van der Waals surface area contributed by atoms with Gasteiger partial charge in [0.25, 0.3) is 0 Å². The van der Waals surface area contributed by atoms with E-state index in [-0.39, 0.29) is 5.92 Å². The van der Waals surface area contributed by atoms with E-state index in [1.807, 2.05) is 30.1 Å². The molecule has 2 atom stereocenters.